The summed E-state index contributed by atoms with van der Waals surface area (Å²) >= 11 is 0. The Labute approximate surface area is 195 Å². The first-order valence-electron chi connectivity index (χ1n) is 10.6. The predicted molar refractivity (Wildman–Crippen MR) is 128 cm³/mol. The van der Waals surface area contributed by atoms with Crippen molar-refractivity contribution in [2.75, 3.05) is 22.1 Å². The molecule has 4 rings (SSSR count). The van der Waals surface area contributed by atoms with Gasteiger partial charge in [0.05, 0.1) is 17.9 Å². The molecule has 0 atom stereocenters. The van der Waals surface area contributed by atoms with Gasteiger partial charge < -0.3 is 15.4 Å². The fourth-order valence-electron chi connectivity index (χ4n) is 3.63. The van der Waals surface area contributed by atoms with Gasteiger partial charge in [-0.3, -0.25) is 14.4 Å². The molecule has 1 aliphatic heterocycles. The number of hydrogen-bond donors (Lipinski definition) is 2. The molecule has 3 aromatic rings. The van der Waals surface area contributed by atoms with Gasteiger partial charge in [0.2, 0.25) is 5.91 Å². The minimum Gasteiger partial charge on any atom is -0.494 e. The summed E-state index contributed by atoms with van der Waals surface area (Å²) in [6.07, 6.45) is 0. The molecule has 0 unspecified atom stereocenters. The number of benzene rings is 3. The maximum absolute atomic E-state index is 13.9. The van der Waals surface area contributed by atoms with E-state index in [0.29, 0.717) is 29.3 Å². The zero-order valence-corrected chi connectivity index (χ0v) is 18.6. The molecular weight excluding hydrogens is 437 g/mol. The third-order valence-corrected chi connectivity index (χ3v) is 5.08. The third-order valence-electron chi connectivity index (χ3n) is 5.08. The molecule has 0 bridgehead atoms. The van der Waals surface area contributed by atoms with E-state index < -0.39 is 17.6 Å². The van der Waals surface area contributed by atoms with Crippen LogP contribution in [0.25, 0.3) is 5.57 Å². The lowest BCUT2D eigenvalue weighted by atomic mass is 10.0. The Morgan fingerprint density at radius 2 is 1.62 bits per heavy atom. The Kier molecular flexibility index (Phi) is 6.40. The summed E-state index contributed by atoms with van der Waals surface area (Å²) in [5.41, 5.74) is 1.99. The highest BCUT2D eigenvalue weighted by molar-refractivity contribution is 6.46. The lowest BCUT2D eigenvalue weighted by Crippen LogP contribution is -2.32. The van der Waals surface area contributed by atoms with E-state index in [-0.39, 0.29) is 22.9 Å². The van der Waals surface area contributed by atoms with Crippen LogP contribution >= 0.6 is 0 Å². The molecule has 1 aliphatic rings. The molecule has 172 valence electrons. The first-order chi connectivity index (χ1) is 16.4. The predicted octanol–water partition coefficient (Wildman–Crippen LogP) is 4.58. The van der Waals surface area contributed by atoms with Crippen molar-refractivity contribution in [2.45, 2.75) is 13.8 Å². The zero-order valence-electron chi connectivity index (χ0n) is 18.6. The quantitative estimate of drug-likeness (QED) is 0.505. The Bertz CT molecular complexity index is 1280. The third kappa shape index (κ3) is 4.66. The number of nitrogens with zero attached hydrogens (tertiary/aromatic N) is 1. The van der Waals surface area contributed by atoms with Crippen LogP contribution in [0.1, 0.15) is 19.4 Å². The first-order valence-corrected chi connectivity index (χ1v) is 10.6. The van der Waals surface area contributed by atoms with Crippen molar-refractivity contribution in [1.82, 2.24) is 0 Å². The van der Waals surface area contributed by atoms with Crippen molar-refractivity contribution < 1.29 is 23.5 Å². The molecule has 0 spiro atoms. The molecule has 0 aromatic heterocycles. The molecule has 0 saturated heterocycles. The van der Waals surface area contributed by atoms with Gasteiger partial charge in [0.1, 0.15) is 17.3 Å². The van der Waals surface area contributed by atoms with Gasteiger partial charge in [-0.25, -0.2) is 9.29 Å². The van der Waals surface area contributed by atoms with Crippen molar-refractivity contribution >= 4 is 40.4 Å². The van der Waals surface area contributed by atoms with Crippen molar-refractivity contribution in [3.63, 3.8) is 0 Å². The van der Waals surface area contributed by atoms with Crippen molar-refractivity contribution in [1.29, 1.82) is 0 Å². The first kappa shape index (κ1) is 22.7. The van der Waals surface area contributed by atoms with E-state index >= 15 is 0 Å². The number of nitrogens with one attached hydrogen (secondary N) is 2. The summed E-state index contributed by atoms with van der Waals surface area (Å²) in [7, 11) is 0. The molecule has 3 amide bonds. The second-order valence-corrected chi connectivity index (χ2v) is 7.52. The minimum absolute atomic E-state index is 0.0608. The Balaban J connectivity index is 1.74. The topological polar surface area (TPSA) is 87.7 Å². The van der Waals surface area contributed by atoms with Gasteiger partial charge in [-0.2, -0.15) is 0 Å². The Morgan fingerprint density at radius 1 is 0.941 bits per heavy atom. The van der Waals surface area contributed by atoms with Gasteiger partial charge in [0.15, 0.2) is 0 Å². The van der Waals surface area contributed by atoms with Crippen LogP contribution in [0.4, 0.5) is 21.5 Å². The number of carbonyl (C=O) groups is 3. The second kappa shape index (κ2) is 9.58. The van der Waals surface area contributed by atoms with Gasteiger partial charge in [-0.15, -0.1) is 0 Å². The molecule has 0 saturated carbocycles. The van der Waals surface area contributed by atoms with E-state index in [0.717, 1.165) is 11.0 Å². The summed E-state index contributed by atoms with van der Waals surface area (Å²) in [5.74, 6) is -1.31. The van der Waals surface area contributed by atoms with E-state index in [1.807, 2.05) is 6.92 Å². The molecule has 8 heteroatoms. The maximum Gasteiger partial charge on any atom is 0.282 e. The molecular formula is C26H22FN3O4. The molecule has 0 fully saturated rings. The number of halogens is 1. The lowest BCUT2D eigenvalue weighted by Gasteiger charge is -2.15. The van der Waals surface area contributed by atoms with E-state index in [2.05, 4.69) is 10.6 Å². The maximum atomic E-state index is 13.9. The van der Waals surface area contributed by atoms with Gasteiger partial charge >= 0.3 is 0 Å². The van der Waals surface area contributed by atoms with Crippen LogP contribution in [0.3, 0.4) is 0 Å². The highest BCUT2D eigenvalue weighted by Gasteiger charge is 2.40. The van der Waals surface area contributed by atoms with Crippen LogP contribution in [0, 0.1) is 5.82 Å². The Hall–Kier alpha value is -4.46. The van der Waals surface area contributed by atoms with Gasteiger partial charge in [-0.05, 0) is 67.1 Å². The largest absolute Gasteiger partial charge is 0.494 e. The number of rotatable bonds is 7. The summed E-state index contributed by atoms with van der Waals surface area (Å²) < 4.78 is 19.3. The highest BCUT2D eigenvalue weighted by Crippen LogP contribution is 2.34. The highest BCUT2D eigenvalue weighted by atomic mass is 19.1. The van der Waals surface area contributed by atoms with Crippen molar-refractivity contribution in [3.05, 3.63) is 89.9 Å². The monoisotopic (exact) mass is 459 g/mol. The van der Waals surface area contributed by atoms with Gasteiger partial charge in [0.25, 0.3) is 11.8 Å². The molecule has 34 heavy (non-hydrogen) atoms. The van der Waals surface area contributed by atoms with E-state index in [9.17, 15) is 18.8 Å². The summed E-state index contributed by atoms with van der Waals surface area (Å²) in [4.78, 5) is 39.0. The lowest BCUT2D eigenvalue weighted by molar-refractivity contribution is -0.120. The van der Waals surface area contributed by atoms with Crippen LogP contribution in [0.15, 0.2) is 78.5 Å². The average molecular weight is 459 g/mol. The molecule has 0 radical (unpaired) electrons. The smallest absolute Gasteiger partial charge is 0.282 e. The number of imide groups is 1. The van der Waals surface area contributed by atoms with E-state index in [4.69, 9.17) is 4.74 Å². The SMILES string of the molecule is CCOc1ccc(C2=C(Nc3ccc(NC(C)=O)cc3)C(=O)N(c3cccc(F)c3)C2=O)cc1. The molecule has 1 heterocycles. The van der Waals surface area contributed by atoms with Crippen molar-refractivity contribution in [3.8, 4) is 5.75 Å². The summed E-state index contributed by atoms with van der Waals surface area (Å²) in [5, 5.41) is 5.70. The molecule has 2 N–H and O–H groups in total. The number of ether oxygens (including phenoxy) is 1. The van der Waals surface area contributed by atoms with Crippen LogP contribution in [-0.2, 0) is 14.4 Å². The number of amides is 3. The van der Waals surface area contributed by atoms with Crippen LogP contribution in [0.5, 0.6) is 5.75 Å². The van der Waals surface area contributed by atoms with Gasteiger partial charge in [-0.1, -0.05) is 18.2 Å². The fourth-order valence-corrected chi connectivity index (χ4v) is 3.63. The summed E-state index contributed by atoms with van der Waals surface area (Å²) in [6, 6.07) is 18.8. The van der Waals surface area contributed by atoms with Gasteiger partial charge in [0, 0.05) is 18.3 Å². The number of hydrogen-bond acceptors (Lipinski definition) is 5. The van der Waals surface area contributed by atoms with Crippen LogP contribution < -0.4 is 20.3 Å². The fraction of sp³-hybridized carbons (Fsp3) is 0.115. The Morgan fingerprint density at radius 3 is 2.24 bits per heavy atom. The van der Waals surface area contributed by atoms with E-state index in [1.54, 1.807) is 48.5 Å². The molecule has 0 aliphatic carbocycles. The average Bonchev–Trinajstić information content (AvgIpc) is 3.05. The number of carbonyl (C=O) groups excluding carboxylic acids is 3. The number of anilines is 3. The molecule has 3 aromatic carbocycles. The summed E-state index contributed by atoms with van der Waals surface area (Å²) in [6.45, 7) is 3.77. The second-order valence-electron chi connectivity index (χ2n) is 7.52. The van der Waals surface area contributed by atoms with Crippen molar-refractivity contribution in [2.24, 2.45) is 0 Å². The van der Waals surface area contributed by atoms with Crippen LogP contribution in [-0.4, -0.2) is 24.3 Å². The van der Waals surface area contributed by atoms with E-state index in [1.165, 1.54) is 25.1 Å². The molecule has 7 nitrogen and oxygen atoms in total. The standard InChI is InChI=1S/C26H22FN3O4/c1-3-34-22-13-7-17(8-14-22)23-24(29-20-11-9-19(10-12-20)28-16(2)31)26(33)30(25(23)32)21-6-4-5-18(27)15-21/h4-15,29H,3H2,1-2H3,(H,28,31). The zero-order chi connectivity index (χ0) is 24.2. The minimum atomic E-state index is -0.606. The van der Waals surface area contributed by atoms with Crippen LogP contribution in [0.2, 0.25) is 0 Å². The normalized spacial score (nSPS) is 13.3.